The number of rotatable bonds is 9. The van der Waals surface area contributed by atoms with Gasteiger partial charge in [-0.25, -0.2) is 4.79 Å². The first-order chi connectivity index (χ1) is 19.9. The zero-order valence-corrected chi connectivity index (χ0v) is 25.5. The van der Waals surface area contributed by atoms with Gasteiger partial charge < -0.3 is 25.0 Å². The van der Waals surface area contributed by atoms with Crippen molar-refractivity contribution < 1.29 is 29.1 Å². The van der Waals surface area contributed by atoms with Crippen LogP contribution >= 0.6 is 46.4 Å². The van der Waals surface area contributed by atoms with Gasteiger partial charge in [-0.15, -0.1) is 0 Å². The van der Waals surface area contributed by atoms with Gasteiger partial charge in [-0.2, -0.15) is 0 Å². The summed E-state index contributed by atoms with van der Waals surface area (Å²) >= 11 is 24.6. The van der Waals surface area contributed by atoms with Crippen molar-refractivity contribution in [2.24, 2.45) is 5.92 Å². The number of nitrogens with one attached hydrogen (secondary N) is 1. The normalized spacial score (nSPS) is 18.1. The summed E-state index contributed by atoms with van der Waals surface area (Å²) in [6.45, 7) is 3.54. The predicted octanol–water partition coefficient (Wildman–Crippen LogP) is 5.71. The lowest BCUT2D eigenvalue weighted by atomic mass is 10.0. The number of likely N-dealkylation sites (tertiary alicyclic amines) is 1. The lowest BCUT2D eigenvalue weighted by Crippen LogP contribution is -2.51. The molecule has 2 aromatic carbocycles. The lowest BCUT2D eigenvalue weighted by molar-refractivity contribution is -0.126. The number of aliphatic hydroxyl groups excluding tert-OH is 1. The summed E-state index contributed by atoms with van der Waals surface area (Å²) < 4.78 is 5.57. The molecule has 0 aliphatic carbocycles. The Morgan fingerprint density at radius 1 is 1.12 bits per heavy atom. The van der Waals surface area contributed by atoms with E-state index in [-0.39, 0.29) is 25.4 Å². The van der Waals surface area contributed by atoms with Gasteiger partial charge in [0.1, 0.15) is 11.7 Å². The number of anilines is 1. The lowest BCUT2D eigenvalue weighted by Gasteiger charge is -2.31. The number of aromatic nitrogens is 1. The molecule has 1 aliphatic rings. The molecule has 4 atom stereocenters. The number of hydrogen-bond acceptors (Lipinski definition) is 6. The Kier molecular flexibility index (Phi) is 10.3. The van der Waals surface area contributed by atoms with Crippen molar-refractivity contribution in [1.29, 1.82) is 0 Å². The van der Waals surface area contributed by atoms with Crippen LogP contribution in [0.5, 0.6) is 0 Å². The summed E-state index contributed by atoms with van der Waals surface area (Å²) in [6, 6.07) is 12.2. The minimum absolute atomic E-state index is 0.00282. The zero-order chi connectivity index (χ0) is 30.7. The molecule has 14 heteroatoms. The fourth-order valence-corrected chi connectivity index (χ4v) is 5.55. The van der Waals surface area contributed by atoms with Crippen molar-refractivity contribution in [2.75, 3.05) is 18.0 Å². The third-order valence-corrected chi connectivity index (χ3v) is 8.15. The number of hydrogen-bond donors (Lipinski definition) is 3. The number of nitrogens with zero attached hydrogens (tertiary/aromatic N) is 3. The summed E-state index contributed by atoms with van der Waals surface area (Å²) in [4.78, 5) is 38.5. The van der Waals surface area contributed by atoms with Crippen LogP contribution in [-0.4, -0.2) is 74.3 Å². The highest BCUT2D eigenvalue weighted by atomic mass is 35.5. The number of benzene rings is 2. The van der Waals surface area contributed by atoms with E-state index in [2.05, 4.69) is 10.5 Å². The number of aliphatic hydroxyl groups is 1. The maximum Gasteiger partial charge on any atom is 0.408 e. The summed E-state index contributed by atoms with van der Waals surface area (Å²) in [5, 5.41) is 27.0. The first-order valence-corrected chi connectivity index (χ1v) is 14.6. The fourth-order valence-electron chi connectivity index (χ4n) is 4.72. The topological polar surface area (TPSA) is 136 Å². The molecule has 0 radical (unpaired) electrons. The largest absolute Gasteiger partial charge is 0.465 e. The average molecular weight is 658 g/mol. The Balaban J connectivity index is 1.53. The Morgan fingerprint density at radius 2 is 1.79 bits per heavy atom. The van der Waals surface area contributed by atoms with Crippen molar-refractivity contribution in [2.45, 2.75) is 43.3 Å². The fraction of sp³-hybridized carbons (Fsp3) is 0.357. The molecule has 2 heterocycles. The molecule has 1 saturated heterocycles. The quantitative estimate of drug-likeness (QED) is 0.251. The van der Waals surface area contributed by atoms with Gasteiger partial charge in [-0.3, -0.25) is 14.5 Å². The van der Waals surface area contributed by atoms with E-state index in [0.29, 0.717) is 38.3 Å². The van der Waals surface area contributed by atoms with Crippen molar-refractivity contribution in [3.63, 3.8) is 0 Å². The van der Waals surface area contributed by atoms with Gasteiger partial charge in [0.2, 0.25) is 5.91 Å². The molecule has 3 amide bonds. The first kappa shape index (κ1) is 31.9. The molecule has 10 nitrogen and oxygen atoms in total. The van der Waals surface area contributed by atoms with Crippen LogP contribution in [0.25, 0.3) is 22.6 Å². The SMILES string of the molecule is CC(NC(=O)C1CC(O)CN1C(=O)O)[C@H](C)CN(C(=O)C(Cl)Cl)c1cccc(-c2cc(-c3c(Cl)cccc3Cl)no2)c1. The minimum Gasteiger partial charge on any atom is -0.465 e. The molecule has 1 aromatic heterocycles. The highest BCUT2D eigenvalue weighted by molar-refractivity contribution is 6.54. The molecule has 1 aliphatic heterocycles. The number of β-amino-alcohol motifs (C(OH)–C–C–N with tert-alkyl or cyclic N) is 1. The zero-order valence-electron chi connectivity index (χ0n) is 22.5. The van der Waals surface area contributed by atoms with Crippen LogP contribution in [0.2, 0.25) is 10.0 Å². The summed E-state index contributed by atoms with van der Waals surface area (Å²) in [6.07, 6.45) is -2.20. The van der Waals surface area contributed by atoms with E-state index in [9.17, 15) is 24.6 Å². The molecule has 0 bridgehead atoms. The van der Waals surface area contributed by atoms with Crippen molar-refractivity contribution in [1.82, 2.24) is 15.4 Å². The van der Waals surface area contributed by atoms with Crippen molar-refractivity contribution >= 4 is 70.0 Å². The van der Waals surface area contributed by atoms with Crippen LogP contribution in [0, 0.1) is 5.92 Å². The molecule has 3 N–H and O–H groups in total. The monoisotopic (exact) mass is 656 g/mol. The number of carboxylic acid groups (broad SMARTS) is 1. The maximum atomic E-state index is 13.1. The predicted molar refractivity (Wildman–Crippen MR) is 161 cm³/mol. The molecule has 0 saturated carbocycles. The van der Waals surface area contributed by atoms with Crippen LogP contribution in [0.3, 0.4) is 0 Å². The summed E-state index contributed by atoms with van der Waals surface area (Å²) in [5.41, 5.74) is 2.05. The highest BCUT2D eigenvalue weighted by Crippen LogP contribution is 2.36. The van der Waals surface area contributed by atoms with Crippen LogP contribution < -0.4 is 10.2 Å². The highest BCUT2D eigenvalue weighted by Gasteiger charge is 2.39. The first-order valence-electron chi connectivity index (χ1n) is 13.0. The van der Waals surface area contributed by atoms with Crippen LogP contribution in [0.15, 0.2) is 53.1 Å². The minimum atomic E-state index is -1.35. The van der Waals surface area contributed by atoms with E-state index < -0.39 is 40.9 Å². The number of carbonyl (C=O) groups is 3. The molecule has 3 unspecified atom stereocenters. The summed E-state index contributed by atoms with van der Waals surface area (Å²) in [7, 11) is 0. The Hall–Kier alpha value is -3.02. The van der Waals surface area contributed by atoms with Gasteiger partial charge >= 0.3 is 6.09 Å². The number of halogens is 4. The second-order valence-electron chi connectivity index (χ2n) is 10.1. The number of alkyl halides is 2. The molecular formula is C28H28Cl4N4O6. The molecular weight excluding hydrogens is 630 g/mol. The van der Waals surface area contributed by atoms with E-state index in [1.807, 2.05) is 6.92 Å². The van der Waals surface area contributed by atoms with Crippen molar-refractivity contribution in [3.8, 4) is 22.6 Å². The smallest absolute Gasteiger partial charge is 0.408 e. The molecule has 224 valence electrons. The van der Waals surface area contributed by atoms with Gasteiger partial charge in [0.15, 0.2) is 10.6 Å². The third-order valence-electron chi connectivity index (χ3n) is 7.15. The van der Waals surface area contributed by atoms with Gasteiger partial charge in [-0.1, -0.05) is 76.7 Å². The van der Waals surface area contributed by atoms with E-state index in [0.717, 1.165) is 4.90 Å². The molecule has 0 spiro atoms. The third kappa shape index (κ3) is 7.12. The van der Waals surface area contributed by atoms with E-state index >= 15 is 0 Å². The van der Waals surface area contributed by atoms with E-state index in [1.54, 1.807) is 55.5 Å². The van der Waals surface area contributed by atoms with E-state index in [4.69, 9.17) is 50.9 Å². The van der Waals surface area contributed by atoms with Crippen LogP contribution in [0.1, 0.15) is 20.3 Å². The standard InChI is InChI=1S/C28H28Cl4N4O6/c1-14(15(2)33-26(38)22-10-18(37)13-36(22)28(40)41)12-35(27(39)25(31)32)17-6-3-5-16(9-17)23-11-21(34-42-23)24-19(29)7-4-8-20(24)30/h3-9,11,14-15,18,22,25,37H,10,12-13H2,1-2H3,(H,33,38)(H,40,41)/t14-,15?,18?,22?/m1/s1. The van der Waals surface area contributed by atoms with Crippen LogP contribution in [0.4, 0.5) is 10.5 Å². The maximum absolute atomic E-state index is 13.1. The van der Waals surface area contributed by atoms with Gasteiger partial charge in [-0.05, 0) is 37.1 Å². The number of carbonyl (C=O) groups excluding carboxylic acids is 2. The molecule has 1 fully saturated rings. The Morgan fingerprint density at radius 3 is 2.43 bits per heavy atom. The van der Waals surface area contributed by atoms with Crippen molar-refractivity contribution in [3.05, 3.63) is 58.6 Å². The average Bonchev–Trinajstić information content (AvgIpc) is 3.58. The van der Waals surface area contributed by atoms with Gasteiger partial charge in [0, 0.05) is 41.9 Å². The van der Waals surface area contributed by atoms with E-state index in [1.165, 1.54) is 4.90 Å². The molecule has 42 heavy (non-hydrogen) atoms. The Bertz CT molecular complexity index is 1450. The van der Waals surface area contributed by atoms with Crippen LogP contribution in [-0.2, 0) is 9.59 Å². The molecule has 3 aromatic rings. The molecule has 4 rings (SSSR count). The number of amides is 3. The van der Waals surface area contributed by atoms with Gasteiger partial charge in [0.25, 0.3) is 5.91 Å². The second-order valence-corrected chi connectivity index (χ2v) is 12.0. The summed E-state index contributed by atoms with van der Waals surface area (Å²) in [5.74, 6) is -1.02. The van der Waals surface area contributed by atoms with Gasteiger partial charge in [0.05, 0.1) is 22.7 Å². The second kappa shape index (κ2) is 13.5. The Labute approximate surface area is 262 Å².